The van der Waals surface area contributed by atoms with E-state index in [-0.39, 0.29) is 5.41 Å². The Hall–Kier alpha value is -1.96. The normalized spacial score (nSPS) is 12.4. The maximum Gasteiger partial charge on any atom is 0.236 e. The third-order valence-corrected chi connectivity index (χ3v) is 3.35. The van der Waals surface area contributed by atoms with Gasteiger partial charge in [0, 0.05) is 11.1 Å². The number of nitrogens with two attached hydrogens (primary N) is 1. The molecule has 0 spiro atoms. The first kappa shape index (κ1) is 11.1. The smallest absolute Gasteiger partial charge is 0.236 e. The van der Waals surface area contributed by atoms with Crippen molar-refractivity contribution in [3.63, 3.8) is 0 Å². The molecule has 0 amide bonds. The quantitative estimate of drug-likeness (QED) is 0.692. The van der Waals surface area contributed by atoms with Gasteiger partial charge in [-0.3, -0.25) is 5.10 Å². The van der Waals surface area contributed by atoms with E-state index < -0.39 is 0 Å². The van der Waals surface area contributed by atoms with E-state index in [0.29, 0.717) is 15.9 Å². The summed E-state index contributed by atoms with van der Waals surface area (Å²) in [6.45, 7) is 6.35. The second kappa shape index (κ2) is 3.52. The Balaban J connectivity index is 2.11. The molecule has 94 valence electrons. The summed E-state index contributed by atoms with van der Waals surface area (Å²) in [6.07, 6.45) is 0. The van der Waals surface area contributed by atoms with E-state index >= 15 is 0 Å². The van der Waals surface area contributed by atoms with Gasteiger partial charge in [-0.2, -0.15) is 9.61 Å². The Kier molecular flexibility index (Phi) is 2.18. The number of nitrogens with one attached hydrogen (secondary N) is 1. The highest BCUT2D eigenvalue weighted by Crippen LogP contribution is 2.25. The van der Waals surface area contributed by atoms with Crippen LogP contribution in [0.25, 0.3) is 16.5 Å². The predicted molar refractivity (Wildman–Crippen MR) is 69.4 cm³/mol. The molecule has 3 heterocycles. The minimum atomic E-state index is 0.0101. The zero-order valence-electron chi connectivity index (χ0n) is 10.3. The Morgan fingerprint density at radius 3 is 2.78 bits per heavy atom. The van der Waals surface area contributed by atoms with Crippen molar-refractivity contribution in [2.45, 2.75) is 26.2 Å². The van der Waals surface area contributed by atoms with Gasteiger partial charge in [0.2, 0.25) is 15.9 Å². The van der Waals surface area contributed by atoms with Crippen LogP contribution in [0, 0.1) is 0 Å². The average Bonchev–Trinajstić information content (AvgIpc) is 2.88. The van der Waals surface area contributed by atoms with E-state index in [1.165, 1.54) is 11.3 Å². The van der Waals surface area contributed by atoms with E-state index in [0.717, 1.165) is 11.4 Å². The van der Waals surface area contributed by atoms with Crippen LogP contribution in [-0.2, 0) is 5.41 Å². The maximum atomic E-state index is 5.65. The number of nitrogens with zero attached hydrogens (tertiary/aromatic N) is 5. The molecular formula is C10H13N7S. The number of rotatable bonds is 1. The highest BCUT2D eigenvalue weighted by molar-refractivity contribution is 7.20. The molecular weight excluding hydrogens is 250 g/mol. The molecule has 3 aromatic rings. The molecule has 0 saturated heterocycles. The van der Waals surface area contributed by atoms with Gasteiger partial charge in [0.25, 0.3) is 0 Å². The largest absolute Gasteiger partial charge is 0.374 e. The van der Waals surface area contributed by atoms with Gasteiger partial charge in [0.15, 0.2) is 0 Å². The first-order valence-electron chi connectivity index (χ1n) is 5.49. The molecule has 3 rings (SSSR count). The van der Waals surface area contributed by atoms with E-state index in [1.807, 2.05) is 6.07 Å². The molecule has 0 aliphatic rings. The number of aromatic nitrogens is 6. The van der Waals surface area contributed by atoms with Crippen LogP contribution < -0.4 is 5.73 Å². The Labute approximate surface area is 107 Å². The van der Waals surface area contributed by atoms with Gasteiger partial charge in [0.1, 0.15) is 5.69 Å². The van der Waals surface area contributed by atoms with Crippen molar-refractivity contribution in [2.75, 3.05) is 5.73 Å². The van der Waals surface area contributed by atoms with Gasteiger partial charge in [-0.25, -0.2) is 0 Å². The highest BCUT2D eigenvalue weighted by Gasteiger charge is 2.20. The first-order valence-corrected chi connectivity index (χ1v) is 6.31. The molecule has 8 heteroatoms. The van der Waals surface area contributed by atoms with E-state index in [1.54, 1.807) is 4.52 Å². The minimum absolute atomic E-state index is 0.0101. The van der Waals surface area contributed by atoms with Crippen molar-refractivity contribution >= 4 is 21.4 Å². The maximum absolute atomic E-state index is 5.65. The van der Waals surface area contributed by atoms with Gasteiger partial charge in [-0.05, 0) is 6.07 Å². The molecule has 0 aliphatic carbocycles. The van der Waals surface area contributed by atoms with Crippen LogP contribution in [0.4, 0.5) is 5.13 Å². The van der Waals surface area contributed by atoms with Gasteiger partial charge >= 0.3 is 0 Å². The predicted octanol–water partition coefficient (Wildman–Crippen LogP) is 1.46. The average molecular weight is 263 g/mol. The van der Waals surface area contributed by atoms with Crippen molar-refractivity contribution in [1.82, 2.24) is 30.0 Å². The molecule has 18 heavy (non-hydrogen) atoms. The third-order valence-electron chi connectivity index (χ3n) is 2.62. The molecule has 0 radical (unpaired) electrons. The summed E-state index contributed by atoms with van der Waals surface area (Å²) >= 11 is 1.30. The number of hydrogen-bond acceptors (Lipinski definition) is 6. The second-order valence-electron chi connectivity index (χ2n) is 5.08. The van der Waals surface area contributed by atoms with Crippen molar-refractivity contribution < 1.29 is 0 Å². The molecule has 0 saturated carbocycles. The third kappa shape index (κ3) is 1.65. The summed E-state index contributed by atoms with van der Waals surface area (Å²) in [4.78, 5) is 0.669. The topological polar surface area (TPSA) is 97.8 Å². The zero-order chi connectivity index (χ0) is 12.9. The van der Waals surface area contributed by atoms with Gasteiger partial charge in [0.05, 0.1) is 0 Å². The van der Waals surface area contributed by atoms with Crippen LogP contribution in [0.2, 0.25) is 0 Å². The molecule has 0 unspecified atom stereocenters. The molecule has 0 atom stereocenters. The van der Waals surface area contributed by atoms with Crippen LogP contribution in [0.1, 0.15) is 26.5 Å². The number of fused-ring (bicyclic) bond motifs is 1. The standard InChI is InChI=1S/C10H13N7S/c1-10(2,3)6-4-5(12-13-6)7-14-15-9-17(7)16-8(11)18-9/h4H,1-3H3,(H2,11,16)(H,12,13). The van der Waals surface area contributed by atoms with Crippen molar-refractivity contribution in [3.05, 3.63) is 11.8 Å². The van der Waals surface area contributed by atoms with Crippen LogP contribution in [-0.4, -0.2) is 30.0 Å². The fourth-order valence-electron chi connectivity index (χ4n) is 1.61. The summed E-state index contributed by atoms with van der Waals surface area (Å²) < 4.78 is 1.61. The first-order chi connectivity index (χ1) is 8.45. The Morgan fingerprint density at radius 2 is 2.11 bits per heavy atom. The van der Waals surface area contributed by atoms with Crippen molar-refractivity contribution in [1.29, 1.82) is 0 Å². The SMILES string of the molecule is CC(C)(C)c1cc(-c2nnc3sc(N)nn23)n[nH]1. The summed E-state index contributed by atoms with van der Waals surface area (Å²) in [6, 6.07) is 1.96. The fraction of sp³-hybridized carbons (Fsp3) is 0.400. The molecule has 3 aromatic heterocycles. The van der Waals surface area contributed by atoms with Crippen LogP contribution in [0.15, 0.2) is 6.07 Å². The Morgan fingerprint density at radius 1 is 1.33 bits per heavy atom. The number of anilines is 1. The monoisotopic (exact) mass is 263 g/mol. The summed E-state index contributed by atoms with van der Waals surface area (Å²) in [7, 11) is 0. The van der Waals surface area contributed by atoms with Crippen LogP contribution >= 0.6 is 11.3 Å². The lowest BCUT2D eigenvalue weighted by molar-refractivity contribution is 0.567. The van der Waals surface area contributed by atoms with Gasteiger partial charge in [-0.15, -0.1) is 15.3 Å². The zero-order valence-corrected chi connectivity index (χ0v) is 11.1. The number of H-pyrrole nitrogens is 1. The lowest BCUT2D eigenvalue weighted by atomic mass is 9.92. The summed E-state index contributed by atoms with van der Waals surface area (Å²) in [5, 5.41) is 20.0. The summed E-state index contributed by atoms with van der Waals surface area (Å²) in [5.41, 5.74) is 7.42. The molecule has 7 nitrogen and oxygen atoms in total. The molecule has 0 bridgehead atoms. The molecule has 0 aromatic carbocycles. The van der Waals surface area contributed by atoms with E-state index in [9.17, 15) is 0 Å². The Bertz CT molecular complexity index is 699. The number of hydrogen-bond donors (Lipinski definition) is 2. The molecule has 3 N–H and O–H groups in total. The van der Waals surface area contributed by atoms with Gasteiger partial charge in [-0.1, -0.05) is 32.1 Å². The van der Waals surface area contributed by atoms with Crippen LogP contribution in [0.5, 0.6) is 0 Å². The molecule has 0 aliphatic heterocycles. The highest BCUT2D eigenvalue weighted by atomic mass is 32.1. The molecule has 0 fully saturated rings. The van der Waals surface area contributed by atoms with Crippen molar-refractivity contribution in [2.24, 2.45) is 0 Å². The van der Waals surface area contributed by atoms with E-state index in [2.05, 4.69) is 46.3 Å². The second-order valence-corrected chi connectivity index (χ2v) is 6.06. The van der Waals surface area contributed by atoms with Gasteiger partial charge < -0.3 is 5.73 Å². The lowest BCUT2D eigenvalue weighted by Crippen LogP contribution is -2.11. The van der Waals surface area contributed by atoms with E-state index in [4.69, 9.17) is 5.73 Å². The number of aromatic amines is 1. The van der Waals surface area contributed by atoms with Crippen LogP contribution in [0.3, 0.4) is 0 Å². The number of nitrogen functional groups attached to an aromatic ring is 1. The van der Waals surface area contributed by atoms with Crippen molar-refractivity contribution in [3.8, 4) is 11.5 Å². The fourth-order valence-corrected chi connectivity index (χ4v) is 2.22. The minimum Gasteiger partial charge on any atom is -0.374 e. The summed E-state index contributed by atoms with van der Waals surface area (Å²) in [5.74, 6) is 0.602. The lowest BCUT2D eigenvalue weighted by Gasteiger charge is -2.14.